The maximum atomic E-state index is 13.3. The van der Waals surface area contributed by atoms with Gasteiger partial charge in [-0.25, -0.2) is 8.78 Å². The lowest BCUT2D eigenvalue weighted by atomic mass is 10.1. The minimum atomic E-state index is -0.945. The molecule has 0 spiro atoms. The molecule has 6 heteroatoms. The van der Waals surface area contributed by atoms with E-state index in [1.54, 1.807) is 24.4 Å². The minimum absolute atomic E-state index is 0.0902. The van der Waals surface area contributed by atoms with Gasteiger partial charge in [-0.2, -0.15) is 0 Å². The van der Waals surface area contributed by atoms with Crippen molar-refractivity contribution in [1.29, 1.82) is 0 Å². The van der Waals surface area contributed by atoms with E-state index < -0.39 is 23.2 Å². The number of carbonyl (C=O) groups excluding carboxylic acids is 1. The van der Waals surface area contributed by atoms with Crippen molar-refractivity contribution < 1.29 is 13.6 Å². The number of hydrogen-bond donors (Lipinski definition) is 1. The average molecular weight is 277 g/mol. The van der Waals surface area contributed by atoms with Crippen LogP contribution in [0.25, 0.3) is 0 Å². The van der Waals surface area contributed by atoms with Gasteiger partial charge in [0.2, 0.25) is 0 Å². The summed E-state index contributed by atoms with van der Waals surface area (Å²) in [6.07, 6.45) is 1.61. The van der Waals surface area contributed by atoms with E-state index >= 15 is 0 Å². The second kappa shape index (κ2) is 5.64. The summed E-state index contributed by atoms with van der Waals surface area (Å²) < 4.78 is 26.7. The number of anilines is 1. The third-order valence-corrected chi connectivity index (χ3v) is 2.80. The van der Waals surface area contributed by atoms with E-state index in [1.807, 2.05) is 0 Å². The Hall–Kier alpha value is -2.50. The highest BCUT2D eigenvalue weighted by Gasteiger charge is 2.17. The van der Waals surface area contributed by atoms with Crippen LogP contribution in [0.5, 0.6) is 0 Å². The first-order chi connectivity index (χ1) is 9.49. The van der Waals surface area contributed by atoms with Gasteiger partial charge in [0.05, 0.1) is 12.2 Å². The largest absolute Gasteiger partial charge is 0.394 e. The topological polar surface area (TPSA) is 59.2 Å². The molecule has 1 amide bonds. The highest BCUT2D eigenvalue weighted by Crippen LogP contribution is 2.18. The number of nitrogens with two attached hydrogens (primary N) is 1. The van der Waals surface area contributed by atoms with Crippen molar-refractivity contribution in [1.82, 2.24) is 9.88 Å². The third kappa shape index (κ3) is 2.90. The minimum Gasteiger partial charge on any atom is -0.394 e. The van der Waals surface area contributed by atoms with E-state index in [0.29, 0.717) is 5.69 Å². The van der Waals surface area contributed by atoms with Crippen LogP contribution in [0.2, 0.25) is 0 Å². The number of hydrogen-bond acceptors (Lipinski definition) is 3. The number of pyridine rings is 1. The Morgan fingerprint density at radius 1 is 1.30 bits per heavy atom. The van der Waals surface area contributed by atoms with Crippen LogP contribution >= 0.6 is 0 Å². The summed E-state index contributed by atoms with van der Waals surface area (Å²) in [5, 5.41) is 0. The van der Waals surface area contributed by atoms with E-state index in [-0.39, 0.29) is 12.1 Å². The molecule has 0 unspecified atom stereocenters. The normalized spacial score (nSPS) is 10.3. The first kappa shape index (κ1) is 13.9. The number of halogens is 2. The van der Waals surface area contributed by atoms with Gasteiger partial charge in [0, 0.05) is 18.8 Å². The molecule has 1 aromatic heterocycles. The van der Waals surface area contributed by atoms with Crippen LogP contribution in [-0.4, -0.2) is 22.8 Å². The molecule has 0 aliphatic rings. The second-order valence-electron chi connectivity index (χ2n) is 4.34. The second-order valence-corrected chi connectivity index (χ2v) is 4.34. The molecule has 2 N–H and O–H groups in total. The smallest absolute Gasteiger partial charge is 0.254 e. The van der Waals surface area contributed by atoms with E-state index in [9.17, 15) is 13.6 Å². The molecule has 4 nitrogen and oxygen atoms in total. The number of benzene rings is 1. The zero-order valence-corrected chi connectivity index (χ0v) is 10.8. The molecule has 0 saturated carbocycles. The molecule has 20 heavy (non-hydrogen) atoms. The summed E-state index contributed by atoms with van der Waals surface area (Å²) in [5.74, 6) is -2.40. The van der Waals surface area contributed by atoms with Gasteiger partial charge < -0.3 is 10.6 Å². The predicted molar refractivity (Wildman–Crippen MR) is 70.8 cm³/mol. The zero-order valence-electron chi connectivity index (χ0n) is 10.8. The Morgan fingerprint density at radius 2 is 1.95 bits per heavy atom. The Labute approximate surface area is 114 Å². The molecular weight excluding hydrogens is 264 g/mol. The van der Waals surface area contributed by atoms with Crippen LogP contribution in [0, 0.1) is 11.6 Å². The van der Waals surface area contributed by atoms with E-state index in [1.165, 1.54) is 11.9 Å². The molecule has 0 aliphatic carbocycles. The lowest BCUT2D eigenvalue weighted by molar-refractivity contribution is 0.0782. The van der Waals surface area contributed by atoms with Crippen LogP contribution in [0.4, 0.5) is 14.5 Å². The fraction of sp³-hybridized carbons (Fsp3) is 0.143. The van der Waals surface area contributed by atoms with Gasteiger partial charge in [-0.1, -0.05) is 6.07 Å². The van der Waals surface area contributed by atoms with Crippen molar-refractivity contribution >= 4 is 11.6 Å². The van der Waals surface area contributed by atoms with Gasteiger partial charge in [0.25, 0.3) is 5.91 Å². The van der Waals surface area contributed by atoms with Gasteiger partial charge >= 0.3 is 0 Å². The van der Waals surface area contributed by atoms with Crippen LogP contribution in [0.3, 0.4) is 0 Å². The van der Waals surface area contributed by atoms with Crippen molar-refractivity contribution in [2.24, 2.45) is 0 Å². The molecule has 104 valence electrons. The maximum absolute atomic E-state index is 13.3. The molecule has 0 fully saturated rings. The first-order valence-corrected chi connectivity index (χ1v) is 5.89. The van der Waals surface area contributed by atoms with Crippen LogP contribution in [0.15, 0.2) is 36.5 Å². The summed E-state index contributed by atoms with van der Waals surface area (Å²) >= 11 is 0. The molecule has 1 heterocycles. The molecule has 0 bridgehead atoms. The average Bonchev–Trinajstić information content (AvgIpc) is 2.44. The maximum Gasteiger partial charge on any atom is 0.254 e. The fourth-order valence-corrected chi connectivity index (χ4v) is 1.73. The van der Waals surface area contributed by atoms with Gasteiger partial charge in [0.1, 0.15) is 17.3 Å². The van der Waals surface area contributed by atoms with E-state index in [0.717, 1.165) is 12.1 Å². The van der Waals surface area contributed by atoms with Crippen molar-refractivity contribution in [2.45, 2.75) is 6.54 Å². The highest BCUT2D eigenvalue weighted by molar-refractivity contribution is 5.94. The van der Waals surface area contributed by atoms with Crippen molar-refractivity contribution in [3.8, 4) is 0 Å². The van der Waals surface area contributed by atoms with Crippen molar-refractivity contribution in [3.05, 3.63) is 59.4 Å². The van der Waals surface area contributed by atoms with Crippen LogP contribution in [0.1, 0.15) is 16.1 Å². The van der Waals surface area contributed by atoms with Crippen molar-refractivity contribution in [3.63, 3.8) is 0 Å². The Bertz CT molecular complexity index is 609. The van der Waals surface area contributed by atoms with E-state index in [4.69, 9.17) is 5.73 Å². The third-order valence-electron chi connectivity index (χ3n) is 2.80. The molecule has 0 aliphatic heterocycles. The first-order valence-electron chi connectivity index (χ1n) is 5.89. The quantitative estimate of drug-likeness (QED) is 0.875. The lowest BCUT2D eigenvalue weighted by Crippen LogP contribution is -2.27. The van der Waals surface area contributed by atoms with Gasteiger partial charge in [-0.15, -0.1) is 0 Å². The Kier molecular flexibility index (Phi) is 3.93. The molecule has 2 rings (SSSR count). The summed E-state index contributed by atoms with van der Waals surface area (Å²) in [7, 11) is 1.53. The number of rotatable bonds is 3. The summed E-state index contributed by atoms with van der Waals surface area (Å²) in [5.41, 5.74) is 5.17. The van der Waals surface area contributed by atoms with Gasteiger partial charge in [-0.3, -0.25) is 9.78 Å². The summed E-state index contributed by atoms with van der Waals surface area (Å²) in [4.78, 5) is 17.5. The highest BCUT2D eigenvalue weighted by atomic mass is 19.1. The van der Waals surface area contributed by atoms with Crippen molar-refractivity contribution in [2.75, 3.05) is 12.8 Å². The number of amides is 1. The Balaban J connectivity index is 2.19. The monoisotopic (exact) mass is 277 g/mol. The predicted octanol–water partition coefficient (Wildman–Crippen LogP) is 2.21. The lowest BCUT2D eigenvalue weighted by Gasteiger charge is -2.17. The number of carbonyl (C=O) groups is 1. The van der Waals surface area contributed by atoms with Gasteiger partial charge in [0.15, 0.2) is 0 Å². The van der Waals surface area contributed by atoms with Crippen LogP contribution in [-0.2, 0) is 6.54 Å². The summed E-state index contributed by atoms with van der Waals surface area (Å²) in [6.45, 7) is 0.243. The molecule has 0 saturated heterocycles. The standard InChI is InChI=1S/C14H13F2N3O/c1-19(8-10-4-2-3-5-18-10)14(20)9-6-11(15)13(17)12(16)7-9/h2-7H,8,17H2,1H3. The van der Waals surface area contributed by atoms with Gasteiger partial charge in [-0.05, 0) is 24.3 Å². The van der Waals surface area contributed by atoms with E-state index in [2.05, 4.69) is 4.98 Å². The summed E-state index contributed by atoms with van der Waals surface area (Å²) in [6, 6.07) is 7.17. The number of aromatic nitrogens is 1. The number of nitrogen functional groups attached to an aromatic ring is 1. The molecule has 1 aromatic carbocycles. The number of nitrogens with zero attached hydrogens (tertiary/aromatic N) is 2. The molecule has 0 radical (unpaired) electrons. The van der Waals surface area contributed by atoms with Crippen LogP contribution < -0.4 is 5.73 Å². The fourth-order valence-electron chi connectivity index (χ4n) is 1.73. The zero-order chi connectivity index (χ0) is 14.7. The molecule has 2 aromatic rings. The Morgan fingerprint density at radius 3 is 2.50 bits per heavy atom. The SMILES string of the molecule is CN(Cc1ccccn1)C(=O)c1cc(F)c(N)c(F)c1. The molecular formula is C14H13F2N3O. The molecule has 0 atom stereocenters.